The molecule has 1 fully saturated rings. The first-order valence-corrected chi connectivity index (χ1v) is 7.86. The molecule has 1 saturated heterocycles. The summed E-state index contributed by atoms with van der Waals surface area (Å²) in [6, 6.07) is 6.21. The molecular formula is C17H26N4. The Hall–Kier alpha value is -1.55. The van der Waals surface area contributed by atoms with Gasteiger partial charge in [0, 0.05) is 25.8 Å². The van der Waals surface area contributed by atoms with Crippen LogP contribution in [0.5, 0.6) is 0 Å². The Bertz CT molecular complexity index is 623. The molecule has 1 unspecified atom stereocenters. The van der Waals surface area contributed by atoms with Crippen molar-refractivity contribution in [2.24, 2.45) is 11.3 Å². The number of nitrogens with zero attached hydrogens (tertiary/aromatic N) is 3. The summed E-state index contributed by atoms with van der Waals surface area (Å²) in [4.78, 5) is 7.35. The van der Waals surface area contributed by atoms with Crippen molar-refractivity contribution >= 4 is 11.5 Å². The minimum atomic E-state index is 0.372. The van der Waals surface area contributed by atoms with Crippen LogP contribution in [0.25, 0.3) is 5.65 Å². The summed E-state index contributed by atoms with van der Waals surface area (Å²) in [5, 5.41) is 3.28. The predicted octanol–water partition coefficient (Wildman–Crippen LogP) is 2.93. The molecule has 114 valence electrons. The maximum atomic E-state index is 4.88. The second kappa shape index (κ2) is 5.34. The average Bonchev–Trinajstić information content (AvgIpc) is 3.03. The van der Waals surface area contributed by atoms with Crippen LogP contribution < -0.4 is 10.2 Å². The fourth-order valence-electron chi connectivity index (χ4n) is 3.28. The van der Waals surface area contributed by atoms with Crippen molar-refractivity contribution in [2.45, 2.75) is 33.7 Å². The topological polar surface area (TPSA) is 32.6 Å². The van der Waals surface area contributed by atoms with Crippen molar-refractivity contribution < 1.29 is 0 Å². The molecule has 1 atom stereocenters. The first-order chi connectivity index (χ1) is 10.0. The molecule has 0 saturated carbocycles. The number of aromatic nitrogens is 2. The Labute approximate surface area is 127 Å². The molecule has 21 heavy (non-hydrogen) atoms. The number of imidazole rings is 1. The lowest BCUT2D eigenvalue weighted by atomic mass is 9.80. The van der Waals surface area contributed by atoms with Gasteiger partial charge in [0.1, 0.15) is 5.65 Å². The highest BCUT2D eigenvalue weighted by Crippen LogP contribution is 2.36. The molecule has 0 bridgehead atoms. The molecule has 0 radical (unpaired) electrons. The summed E-state index contributed by atoms with van der Waals surface area (Å²) in [5.74, 6) is 1.90. The first kappa shape index (κ1) is 14.4. The zero-order valence-electron chi connectivity index (χ0n) is 13.6. The van der Waals surface area contributed by atoms with Crippen molar-refractivity contribution in [2.75, 3.05) is 25.0 Å². The fourth-order valence-corrected chi connectivity index (χ4v) is 3.28. The predicted molar refractivity (Wildman–Crippen MR) is 87.7 cm³/mol. The minimum absolute atomic E-state index is 0.372. The molecule has 2 aromatic heterocycles. The molecule has 1 aliphatic heterocycles. The lowest BCUT2D eigenvalue weighted by Crippen LogP contribution is -2.27. The van der Waals surface area contributed by atoms with E-state index in [1.54, 1.807) is 0 Å². The van der Waals surface area contributed by atoms with Crippen molar-refractivity contribution in [3.8, 4) is 0 Å². The summed E-state index contributed by atoms with van der Waals surface area (Å²) in [6.45, 7) is 10.1. The largest absolute Gasteiger partial charge is 0.355 e. The monoisotopic (exact) mass is 286 g/mol. The molecule has 0 aliphatic carbocycles. The Kier molecular flexibility index (Phi) is 3.66. The van der Waals surface area contributed by atoms with Gasteiger partial charge in [-0.3, -0.25) is 0 Å². The van der Waals surface area contributed by atoms with Crippen molar-refractivity contribution in [1.29, 1.82) is 0 Å². The van der Waals surface area contributed by atoms with E-state index < -0.39 is 0 Å². The van der Waals surface area contributed by atoms with Crippen LogP contribution in [0, 0.1) is 11.3 Å². The standard InChI is InChI=1S/C17H26N4/c1-17(2,3)13-8-10-20(12-13)16-14(11-18-4)21-9-6-5-7-15(21)19-16/h5-7,9,13,18H,8,10-12H2,1-4H3. The van der Waals surface area contributed by atoms with E-state index in [0.717, 1.165) is 37.0 Å². The maximum Gasteiger partial charge on any atom is 0.152 e. The van der Waals surface area contributed by atoms with E-state index in [4.69, 9.17) is 4.98 Å². The van der Waals surface area contributed by atoms with Crippen LogP contribution >= 0.6 is 0 Å². The lowest BCUT2D eigenvalue weighted by molar-refractivity contribution is 0.263. The van der Waals surface area contributed by atoms with Gasteiger partial charge in [0.2, 0.25) is 0 Å². The third-order valence-electron chi connectivity index (χ3n) is 4.66. The number of fused-ring (bicyclic) bond motifs is 1. The molecule has 0 spiro atoms. The summed E-state index contributed by atoms with van der Waals surface area (Å²) in [7, 11) is 1.99. The SMILES string of the molecule is CNCc1c(N2CCC(C(C)(C)C)C2)nc2ccccn12. The van der Waals surface area contributed by atoms with Gasteiger partial charge in [-0.15, -0.1) is 0 Å². The Morgan fingerprint density at radius 3 is 2.81 bits per heavy atom. The summed E-state index contributed by atoms with van der Waals surface area (Å²) < 4.78 is 2.20. The third kappa shape index (κ3) is 2.64. The van der Waals surface area contributed by atoms with E-state index in [2.05, 4.69) is 59.8 Å². The van der Waals surface area contributed by atoms with Gasteiger partial charge >= 0.3 is 0 Å². The fraction of sp³-hybridized carbons (Fsp3) is 0.588. The number of nitrogens with one attached hydrogen (secondary N) is 1. The van der Waals surface area contributed by atoms with Crippen LogP contribution in [0.2, 0.25) is 0 Å². The molecule has 3 rings (SSSR count). The maximum absolute atomic E-state index is 4.88. The molecule has 1 aliphatic rings. The van der Waals surface area contributed by atoms with Crippen molar-refractivity contribution in [3.63, 3.8) is 0 Å². The van der Waals surface area contributed by atoms with Crippen LogP contribution in [0.1, 0.15) is 32.9 Å². The Morgan fingerprint density at radius 2 is 2.14 bits per heavy atom. The normalized spacial score (nSPS) is 19.6. The van der Waals surface area contributed by atoms with Gasteiger partial charge in [0.05, 0.1) is 5.69 Å². The van der Waals surface area contributed by atoms with Gasteiger partial charge in [-0.1, -0.05) is 26.8 Å². The zero-order valence-corrected chi connectivity index (χ0v) is 13.6. The summed E-state index contributed by atoms with van der Waals surface area (Å²) >= 11 is 0. The van der Waals surface area contributed by atoms with Crippen LogP contribution in [-0.2, 0) is 6.54 Å². The zero-order chi connectivity index (χ0) is 15.0. The quantitative estimate of drug-likeness (QED) is 0.941. The lowest BCUT2D eigenvalue weighted by Gasteiger charge is -2.27. The smallest absolute Gasteiger partial charge is 0.152 e. The van der Waals surface area contributed by atoms with Gasteiger partial charge in [-0.25, -0.2) is 4.98 Å². The van der Waals surface area contributed by atoms with E-state index in [0.29, 0.717) is 5.41 Å². The molecule has 3 heterocycles. The van der Waals surface area contributed by atoms with E-state index in [1.807, 2.05) is 7.05 Å². The number of rotatable bonds is 3. The molecule has 4 heteroatoms. The van der Waals surface area contributed by atoms with E-state index >= 15 is 0 Å². The Balaban J connectivity index is 1.95. The third-order valence-corrected chi connectivity index (χ3v) is 4.66. The van der Waals surface area contributed by atoms with Crippen LogP contribution in [0.4, 0.5) is 5.82 Å². The summed E-state index contributed by atoms with van der Waals surface area (Å²) in [5.41, 5.74) is 2.68. The van der Waals surface area contributed by atoms with Gasteiger partial charge in [0.25, 0.3) is 0 Å². The van der Waals surface area contributed by atoms with Gasteiger partial charge < -0.3 is 14.6 Å². The molecule has 1 N–H and O–H groups in total. The van der Waals surface area contributed by atoms with Gasteiger partial charge in [0.15, 0.2) is 5.82 Å². The minimum Gasteiger partial charge on any atom is -0.355 e. The average molecular weight is 286 g/mol. The van der Waals surface area contributed by atoms with E-state index in [1.165, 1.54) is 12.1 Å². The van der Waals surface area contributed by atoms with Crippen molar-refractivity contribution in [3.05, 3.63) is 30.1 Å². The van der Waals surface area contributed by atoms with Crippen LogP contribution in [0.15, 0.2) is 24.4 Å². The molecule has 2 aromatic rings. The van der Waals surface area contributed by atoms with E-state index in [9.17, 15) is 0 Å². The molecular weight excluding hydrogens is 260 g/mol. The molecule has 0 aromatic carbocycles. The Morgan fingerprint density at radius 1 is 1.33 bits per heavy atom. The highest BCUT2D eigenvalue weighted by molar-refractivity contribution is 5.56. The van der Waals surface area contributed by atoms with Crippen LogP contribution in [0.3, 0.4) is 0 Å². The van der Waals surface area contributed by atoms with Crippen LogP contribution in [-0.4, -0.2) is 29.5 Å². The van der Waals surface area contributed by atoms with Crippen molar-refractivity contribution in [1.82, 2.24) is 14.7 Å². The number of hydrogen-bond acceptors (Lipinski definition) is 3. The second-order valence-electron chi connectivity index (χ2n) is 7.14. The second-order valence-corrected chi connectivity index (χ2v) is 7.14. The van der Waals surface area contributed by atoms with Gasteiger partial charge in [-0.05, 0) is 36.9 Å². The highest BCUT2D eigenvalue weighted by Gasteiger charge is 2.33. The highest BCUT2D eigenvalue weighted by atomic mass is 15.3. The summed E-state index contributed by atoms with van der Waals surface area (Å²) in [6.07, 6.45) is 3.37. The van der Waals surface area contributed by atoms with E-state index in [-0.39, 0.29) is 0 Å². The number of anilines is 1. The number of hydrogen-bond donors (Lipinski definition) is 1. The first-order valence-electron chi connectivity index (χ1n) is 7.86. The molecule has 0 amide bonds. The van der Waals surface area contributed by atoms with Gasteiger partial charge in [-0.2, -0.15) is 0 Å². The number of pyridine rings is 1. The molecule has 4 nitrogen and oxygen atoms in total.